The maximum Gasteiger partial charge on any atom is 0.277 e. The third-order valence-electron chi connectivity index (χ3n) is 5.84. The zero-order valence-corrected chi connectivity index (χ0v) is 21.5. The quantitative estimate of drug-likeness (QED) is 0.299. The Morgan fingerprint density at radius 1 is 1.10 bits per heavy atom. The average Bonchev–Trinajstić information content (AvgIpc) is 3.70. The number of anilines is 1. The maximum absolute atomic E-state index is 14.0. The van der Waals surface area contributed by atoms with Gasteiger partial charge in [0.15, 0.2) is 6.04 Å². The first kappa shape index (κ1) is 25.7. The topological polar surface area (TPSA) is 115 Å². The first-order valence-electron chi connectivity index (χ1n) is 11.8. The minimum Gasteiger partial charge on any atom is -0.494 e. The molecular formula is C27H22FN7O3S. The van der Waals surface area contributed by atoms with Gasteiger partial charge >= 0.3 is 0 Å². The lowest BCUT2D eigenvalue weighted by molar-refractivity contribution is -0.122. The molecule has 0 spiro atoms. The molecule has 5 rings (SSSR count). The van der Waals surface area contributed by atoms with Crippen LogP contribution in [0, 0.1) is 5.82 Å². The molecule has 0 saturated carbocycles. The molecule has 0 bridgehead atoms. The van der Waals surface area contributed by atoms with Crippen LogP contribution >= 0.6 is 11.3 Å². The summed E-state index contributed by atoms with van der Waals surface area (Å²) in [4.78, 5) is 34.0. The van der Waals surface area contributed by atoms with Crippen LogP contribution < -0.4 is 15.0 Å². The molecule has 5 aromatic rings. The normalized spacial score (nSPS) is 11.5. The number of benzene rings is 2. The van der Waals surface area contributed by atoms with Crippen LogP contribution in [-0.2, 0) is 11.3 Å². The number of carbonyl (C=O) groups is 2. The third kappa shape index (κ3) is 5.65. The summed E-state index contributed by atoms with van der Waals surface area (Å²) in [5, 5.41) is 16.0. The lowest BCUT2D eigenvalue weighted by atomic mass is 10.1. The number of rotatable bonds is 9. The summed E-state index contributed by atoms with van der Waals surface area (Å²) in [6.45, 7) is 0.147. The smallest absolute Gasteiger partial charge is 0.277 e. The Kier molecular flexibility index (Phi) is 7.64. The van der Waals surface area contributed by atoms with E-state index in [1.54, 1.807) is 54.6 Å². The zero-order chi connectivity index (χ0) is 27.2. The molecule has 2 aromatic carbocycles. The molecule has 39 heavy (non-hydrogen) atoms. The second-order valence-corrected chi connectivity index (χ2v) is 9.24. The van der Waals surface area contributed by atoms with Crippen LogP contribution in [0.1, 0.15) is 27.0 Å². The van der Waals surface area contributed by atoms with E-state index < -0.39 is 17.9 Å². The Hall–Kier alpha value is -4.97. The third-order valence-corrected chi connectivity index (χ3v) is 6.76. The molecule has 0 aliphatic carbocycles. The predicted molar refractivity (Wildman–Crippen MR) is 142 cm³/mol. The number of tetrazole rings is 1. The number of halogens is 1. The second-order valence-electron chi connectivity index (χ2n) is 8.26. The predicted octanol–water partition coefficient (Wildman–Crippen LogP) is 3.97. The van der Waals surface area contributed by atoms with Crippen LogP contribution in [0.3, 0.4) is 0 Å². The van der Waals surface area contributed by atoms with Crippen LogP contribution in [0.15, 0.2) is 90.7 Å². The lowest BCUT2D eigenvalue weighted by Crippen LogP contribution is -2.43. The molecule has 0 unspecified atom stereocenters. The summed E-state index contributed by atoms with van der Waals surface area (Å²) < 4.78 is 20.4. The maximum atomic E-state index is 14.0. The number of hydrogen-bond acceptors (Lipinski definition) is 8. The van der Waals surface area contributed by atoms with E-state index in [4.69, 9.17) is 4.74 Å². The molecule has 0 aliphatic rings. The zero-order valence-electron chi connectivity index (χ0n) is 20.6. The van der Waals surface area contributed by atoms with E-state index in [9.17, 15) is 14.0 Å². The van der Waals surface area contributed by atoms with E-state index in [2.05, 4.69) is 25.8 Å². The Morgan fingerprint density at radius 2 is 1.95 bits per heavy atom. The van der Waals surface area contributed by atoms with E-state index in [1.807, 2.05) is 11.4 Å². The van der Waals surface area contributed by atoms with E-state index >= 15 is 0 Å². The Balaban J connectivity index is 1.57. The second kappa shape index (κ2) is 11.6. The number of aromatic nitrogens is 5. The van der Waals surface area contributed by atoms with Crippen molar-refractivity contribution < 1.29 is 18.7 Å². The number of thiophene rings is 1. The average molecular weight is 544 g/mol. The van der Waals surface area contributed by atoms with Crippen LogP contribution in [0.5, 0.6) is 5.75 Å². The van der Waals surface area contributed by atoms with Crippen molar-refractivity contribution in [1.29, 1.82) is 0 Å². The van der Waals surface area contributed by atoms with Gasteiger partial charge in [-0.15, -0.1) is 16.4 Å². The summed E-state index contributed by atoms with van der Waals surface area (Å²) in [7, 11) is 1.49. The van der Waals surface area contributed by atoms with Crippen molar-refractivity contribution in [2.45, 2.75) is 12.6 Å². The van der Waals surface area contributed by atoms with E-state index in [1.165, 1.54) is 52.7 Å². The van der Waals surface area contributed by atoms with Crippen molar-refractivity contribution in [3.63, 3.8) is 0 Å². The van der Waals surface area contributed by atoms with Gasteiger partial charge < -0.3 is 10.1 Å². The van der Waals surface area contributed by atoms with Crippen molar-refractivity contribution in [2.75, 3.05) is 12.0 Å². The van der Waals surface area contributed by atoms with Gasteiger partial charge in [0, 0.05) is 29.4 Å². The summed E-state index contributed by atoms with van der Waals surface area (Å²) in [5.74, 6) is -0.888. The molecule has 3 aromatic heterocycles. The molecule has 1 N–H and O–H groups in total. The summed E-state index contributed by atoms with van der Waals surface area (Å²) in [6, 6.07) is 18.4. The largest absolute Gasteiger partial charge is 0.494 e. The number of nitrogens with zero attached hydrogens (tertiary/aromatic N) is 6. The molecule has 0 saturated heterocycles. The van der Waals surface area contributed by atoms with Gasteiger partial charge in [-0.25, -0.2) is 4.39 Å². The van der Waals surface area contributed by atoms with Crippen LogP contribution in [0.25, 0.3) is 5.69 Å². The highest BCUT2D eigenvalue weighted by atomic mass is 32.1. The van der Waals surface area contributed by atoms with Crippen LogP contribution in [0.4, 0.5) is 10.1 Å². The minimum absolute atomic E-state index is 0.147. The van der Waals surface area contributed by atoms with Crippen molar-refractivity contribution in [2.24, 2.45) is 0 Å². The molecular weight excluding hydrogens is 521 g/mol. The number of ether oxygens (including phenoxy) is 1. The Labute approximate surface area is 226 Å². The Morgan fingerprint density at radius 3 is 2.62 bits per heavy atom. The van der Waals surface area contributed by atoms with Crippen molar-refractivity contribution >= 4 is 28.8 Å². The fourth-order valence-electron chi connectivity index (χ4n) is 3.98. The van der Waals surface area contributed by atoms with Gasteiger partial charge in [-0.3, -0.25) is 19.5 Å². The fourth-order valence-corrected chi connectivity index (χ4v) is 4.79. The highest BCUT2D eigenvalue weighted by molar-refractivity contribution is 7.10. The molecule has 3 heterocycles. The van der Waals surface area contributed by atoms with Gasteiger partial charge in [-0.1, -0.05) is 24.3 Å². The molecule has 10 nitrogen and oxygen atoms in total. The highest BCUT2D eigenvalue weighted by Crippen LogP contribution is 2.35. The van der Waals surface area contributed by atoms with Gasteiger partial charge in [0.25, 0.3) is 5.91 Å². The number of nitrogens with one attached hydrogen (secondary N) is 1. The van der Waals surface area contributed by atoms with Crippen LogP contribution in [0.2, 0.25) is 0 Å². The van der Waals surface area contributed by atoms with Gasteiger partial charge in [-0.2, -0.15) is 4.68 Å². The van der Waals surface area contributed by atoms with E-state index in [-0.39, 0.29) is 18.1 Å². The fraction of sp³-hybridized carbons (Fsp3) is 0.111. The lowest BCUT2D eigenvalue weighted by Gasteiger charge is -2.31. The molecule has 196 valence electrons. The van der Waals surface area contributed by atoms with Gasteiger partial charge in [-0.05, 0) is 63.8 Å². The molecule has 1 atom stereocenters. The van der Waals surface area contributed by atoms with Crippen LogP contribution in [-0.4, -0.2) is 44.1 Å². The first-order valence-corrected chi connectivity index (χ1v) is 12.6. The van der Waals surface area contributed by atoms with Crippen molar-refractivity contribution in [3.05, 3.63) is 113 Å². The monoisotopic (exact) mass is 543 g/mol. The summed E-state index contributed by atoms with van der Waals surface area (Å²) in [6.07, 6.45) is 2.94. The summed E-state index contributed by atoms with van der Waals surface area (Å²) >= 11 is 1.34. The first-order chi connectivity index (χ1) is 19.0. The molecule has 0 fully saturated rings. The molecule has 0 radical (unpaired) electrons. The SMILES string of the molecule is COc1cc(N(C(=O)c2ccccn2)[C@@H](C(=O)NCc2ccc(F)cc2)c2cccs2)ccc1-n1cnnn1. The number of pyridine rings is 1. The number of methoxy groups -OCH3 is 1. The minimum atomic E-state index is -1.04. The Bertz CT molecular complexity index is 1550. The number of hydrogen-bond donors (Lipinski definition) is 1. The molecule has 2 amide bonds. The summed E-state index contributed by atoms with van der Waals surface area (Å²) in [5.41, 5.74) is 1.82. The van der Waals surface area contributed by atoms with E-state index in [0.717, 1.165) is 0 Å². The number of amides is 2. The molecule has 0 aliphatic heterocycles. The van der Waals surface area contributed by atoms with Crippen molar-refractivity contribution in [3.8, 4) is 11.4 Å². The van der Waals surface area contributed by atoms with Gasteiger partial charge in [0.1, 0.15) is 29.3 Å². The highest BCUT2D eigenvalue weighted by Gasteiger charge is 2.35. The standard InChI is InChI=1S/C27H22FN7O3S/c1-38-23-15-20(11-12-22(23)34-17-31-32-33-34)35(27(37)21-5-2-3-13-29-21)25(24-6-4-14-39-24)26(36)30-16-18-7-9-19(28)10-8-18/h2-15,17,25H,16H2,1H3,(H,30,36)/t25-/m1/s1. The van der Waals surface area contributed by atoms with Gasteiger partial charge in [0.2, 0.25) is 5.91 Å². The molecule has 12 heteroatoms. The number of carbonyl (C=O) groups excluding carboxylic acids is 2. The van der Waals surface area contributed by atoms with Gasteiger partial charge in [0.05, 0.1) is 7.11 Å². The van der Waals surface area contributed by atoms with Crippen molar-refractivity contribution in [1.82, 2.24) is 30.5 Å². The van der Waals surface area contributed by atoms with E-state index in [0.29, 0.717) is 27.6 Å².